The molecule has 0 aliphatic carbocycles. The molecule has 5 nitrogen and oxygen atoms in total. The van der Waals surface area contributed by atoms with Gasteiger partial charge in [-0.3, -0.25) is 5.41 Å². The van der Waals surface area contributed by atoms with E-state index in [0.717, 1.165) is 16.2 Å². The van der Waals surface area contributed by atoms with Crippen molar-refractivity contribution >= 4 is 41.6 Å². The minimum atomic E-state index is -0.296. The van der Waals surface area contributed by atoms with E-state index in [1.165, 1.54) is 12.4 Å². The lowest BCUT2D eigenvalue weighted by molar-refractivity contribution is 0.472. The van der Waals surface area contributed by atoms with Crippen LogP contribution in [0, 0.1) is 5.41 Å². The summed E-state index contributed by atoms with van der Waals surface area (Å²) in [5.74, 6) is -0.296. The molecule has 0 saturated carbocycles. The van der Waals surface area contributed by atoms with E-state index in [4.69, 9.17) is 34.3 Å². The van der Waals surface area contributed by atoms with Crippen molar-refractivity contribution in [3.05, 3.63) is 69.7 Å². The quantitative estimate of drug-likeness (QED) is 0.509. The summed E-state index contributed by atoms with van der Waals surface area (Å²) in [6.07, 6.45) is 3.08. The van der Waals surface area contributed by atoms with Gasteiger partial charge in [0.1, 0.15) is 0 Å². The van der Waals surface area contributed by atoms with Crippen molar-refractivity contribution in [1.29, 1.82) is 5.41 Å². The van der Waals surface area contributed by atoms with Crippen LogP contribution in [0.25, 0.3) is 0 Å². The SMILES string of the molecule is N=C(N)N(/N=C/c1ccc(Cl)cc1)/N=C/c1ccc(Cl)cc1. The van der Waals surface area contributed by atoms with Gasteiger partial charge in [0.05, 0.1) is 12.4 Å². The van der Waals surface area contributed by atoms with Crippen LogP contribution in [0.5, 0.6) is 0 Å². The molecule has 0 radical (unpaired) electrons. The van der Waals surface area contributed by atoms with Gasteiger partial charge in [-0.05, 0) is 35.4 Å². The lowest BCUT2D eigenvalue weighted by Gasteiger charge is -2.09. The summed E-state index contributed by atoms with van der Waals surface area (Å²) in [7, 11) is 0. The molecular weight excluding hydrogens is 321 g/mol. The maximum absolute atomic E-state index is 7.49. The fourth-order valence-electron chi connectivity index (χ4n) is 1.49. The zero-order chi connectivity index (χ0) is 15.9. The minimum absolute atomic E-state index is 0.296. The fraction of sp³-hybridized carbons (Fsp3) is 0. The second-order valence-electron chi connectivity index (χ2n) is 4.27. The van der Waals surface area contributed by atoms with Gasteiger partial charge < -0.3 is 5.73 Å². The molecule has 0 bridgehead atoms. The molecule has 0 unspecified atom stereocenters. The monoisotopic (exact) mass is 333 g/mol. The van der Waals surface area contributed by atoms with Crippen LogP contribution in [-0.4, -0.2) is 23.5 Å². The van der Waals surface area contributed by atoms with Crippen LogP contribution in [0.2, 0.25) is 10.0 Å². The third-order valence-corrected chi connectivity index (χ3v) is 3.09. The summed E-state index contributed by atoms with van der Waals surface area (Å²) >= 11 is 11.6. The molecule has 0 atom stereocenters. The Kier molecular flexibility index (Phi) is 5.52. The van der Waals surface area contributed by atoms with Crippen LogP contribution in [0.1, 0.15) is 11.1 Å². The largest absolute Gasteiger partial charge is 0.367 e. The van der Waals surface area contributed by atoms with Crippen molar-refractivity contribution in [2.24, 2.45) is 15.9 Å². The van der Waals surface area contributed by atoms with Gasteiger partial charge in [0.25, 0.3) is 0 Å². The summed E-state index contributed by atoms with van der Waals surface area (Å²) in [5, 5.41) is 17.9. The van der Waals surface area contributed by atoms with E-state index in [0.29, 0.717) is 10.0 Å². The van der Waals surface area contributed by atoms with Gasteiger partial charge in [-0.1, -0.05) is 47.5 Å². The Bertz CT molecular complexity index is 637. The zero-order valence-electron chi connectivity index (χ0n) is 11.4. The van der Waals surface area contributed by atoms with Crippen LogP contribution in [0.4, 0.5) is 0 Å². The Labute approximate surface area is 138 Å². The Hall–Kier alpha value is -2.37. The summed E-state index contributed by atoms with van der Waals surface area (Å²) in [5.41, 5.74) is 7.09. The van der Waals surface area contributed by atoms with Gasteiger partial charge >= 0.3 is 0 Å². The van der Waals surface area contributed by atoms with Crippen molar-refractivity contribution < 1.29 is 0 Å². The third kappa shape index (κ3) is 4.87. The molecule has 0 heterocycles. The van der Waals surface area contributed by atoms with E-state index in [-0.39, 0.29) is 5.96 Å². The number of guanidine groups is 1. The van der Waals surface area contributed by atoms with Gasteiger partial charge in [-0.15, -0.1) is 5.12 Å². The average Bonchev–Trinajstić information content (AvgIpc) is 2.50. The Morgan fingerprint density at radius 2 is 1.23 bits per heavy atom. The van der Waals surface area contributed by atoms with Crippen LogP contribution < -0.4 is 5.73 Å². The molecule has 2 rings (SSSR count). The Morgan fingerprint density at radius 1 is 0.864 bits per heavy atom. The molecule has 0 amide bonds. The highest BCUT2D eigenvalue weighted by molar-refractivity contribution is 6.30. The molecule has 112 valence electrons. The molecule has 0 aromatic heterocycles. The second-order valence-corrected chi connectivity index (χ2v) is 5.14. The number of halogens is 2. The zero-order valence-corrected chi connectivity index (χ0v) is 13.0. The number of hydrogen-bond acceptors (Lipinski definition) is 3. The predicted molar refractivity (Wildman–Crippen MR) is 91.8 cm³/mol. The lowest BCUT2D eigenvalue weighted by Crippen LogP contribution is -2.27. The molecule has 22 heavy (non-hydrogen) atoms. The van der Waals surface area contributed by atoms with Crippen LogP contribution in [0.3, 0.4) is 0 Å². The van der Waals surface area contributed by atoms with Gasteiger partial charge in [0, 0.05) is 10.0 Å². The van der Waals surface area contributed by atoms with Gasteiger partial charge in [-0.25, -0.2) is 0 Å². The Morgan fingerprint density at radius 3 is 1.55 bits per heavy atom. The smallest absolute Gasteiger partial charge is 0.232 e. The van der Waals surface area contributed by atoms with E-state index in [9.17, 15) is 0 Å². The average molecular weight is 334 g/mol. The Balaban J connectivity index is 2.11. The van der Waals surface area contributed by atoms with E-state index >= 15 is 0 Å². The van der Waals surface area contributed by atoms with E-state index < -0.39 is 0 Å². The standard InChI is InChI=1S/C15H13Cl2N5/c16-13-5-1-11(2-6-13)9-20-22(15(18)19)21-10-12-3-7-14(17)8-4-12/h1-10H,(H3,18,19)/b20-9+,21-10+. The molecule has 7 heteroatoms. The number of benzene rings is 2. The molecule has 3 N–H and O–H groups in total. The molecule has 0 aliphatic rings. The molecule has 2 aromatic carbocycles. The second kappa shape index (κ2) is 7.59. The number of hydrazone groups is 2. The first kappa shape index (κ1) is 16.0. The molecule has 0 aliphatic heterocycles. The van der Waals surface area contributed by atoms with Crippen LogP contribution in [0.15, 0.2) is 58.7 Å². The summed E-state index contributed by atoms with van der Waals surface area (Å²) in [6, 6.07) is 14.2. The van der Waals surface area contributed by atoms with Gasteiger partial charge in [0.2, 0.25) is 5.96 Å². The molecular formula is C15H13Cl2N5. The normalized spacial score (nSPS) is 11.2. The number of rotatable bonds is 4. The van der Waals surface area contributed by atoms with Crippen molar-refractivity contribution in [2.45, 2.75) is 0 Å². The first-order valence-corrected chi connectivity index (χ1v) is 7.03. The first-order valence-electron chi connectivity index (χ1n) is 6.28. The maximum Gasteiger partial charge on any atom is 0.232 e. The van der Waals surface area contributed by atoms with Crippen molar-refractivity contribution in [3.8, 4) is 0 Å². The first-order chi connectivity index (χ1) is 10.5. The molecule has 0 saturated heterocycles. The number of nitrogens with two attached hydrogens (primary N) is 1. The molecule has 2 aromatic rings. The summed E-state index contributed by atoms with van der Waals surface area (Å²) in [4.78, 5) is 0. The minimum Gasteiger partial charge on any atom is -0.367 e. The highest BCUT2D eigenvalue weighted by Crippen LogP contribution is 2.09. The van der Waals surface area contributed by atoms with Crippen molar-refractivity contribution in [1.82, 2.24) is 5.12 Å². The number of nitrogens with one attached hydrogen (secondary N) is 1. The lowest BCUT2D eigenvalue weighted by atomic mass is 10.2. The van der Waals surface area contributed by atoms with Crippen LogP contribution >= 0.6 is 23.2 Å². The highest BCUT2D eigenvalue weighted by Gasteiger charge is 2.00. The van der Waals surface area contributed by atoms with Crippen molar-refractivity contribution in [2.75, 3.05) is 0 Å². The molecule has 0 spiro atoms. The number of hydrogen-bond donors (Lipinski definition) is 2. The van der Waals surface area contributed by atoms with E-state index in [2.05, 4.69) is 10.2 Å². The fourth-order valence-corrected chi connectivity index (χ4v) is 1.75. The highest BCUT2D eigenvalue weighted by atomic mass is 35.5. The predicted octanol–water partition coefficient (Wildman–Crippen LogP) is 3.56. The van der Waals surface area contributed by atoms with Gasteiger partial charge in [0.15, 0.2) is 0 Å². The van der Waals surface area contributed by atoms with Gasteiger partial charge in [-0.2, -0.15) is 10.2 Å². The number of nitrogens with zero attached hydrogens (tertiary/aromatic N) is 3. The van der Waals surface area contributed by atoms with E-state index in [1.54, 1.807) is 48.5 Å². The topological polar surface area (TPSA) is 77.8 Å². The third-order valence-electron chi connectivity index (χ3n) is 2.59. The van der Waals surface area contributed by atoms with Crippen LogP contribution in [-0.2, 0) is 0 Å². The maximum atomic E-state index is 7.49. The van der Waals surface area contributed by atoms with Crippen molar-refractivity contribution in [3.63, 3.8) is 0 Å². The summed E-state index contributed by atoms with van der Waals surface area (Å²) < 4.78 is 0. The molecule has 0 fully saturated rings. The van der Waals surface area contributed by atoms with E-state index in [1.807, 2.05) is 0 Å². The summed E-state index contributed by atoms with van der Waals surface area (Å²) in [6.45, 7) is 0.